The van der Waals surface area contributed by atoms with Crippen LogP contribution in [-0.2, 0) is 14.9 Å². The van der Waals surface area contributed by atoms with Crippen molar-refractivity contribution in [1.82, 2.24) is 0 Å². The zero-order valence-electron chi connectivity index (χ0n) is 7.92. The number of carbonyl (C=O) groups is 1. The molecule has 0 aromatic heterocycles. The van der Waals surface area contributed by atoms with Crippen LogP contribution in [0, 0.1) is 5.82 Å². The Bertz CT molecular complexity index is 369. The SMILES string of the molecule is COC(=O)C1(c2ccccc2F)CC1. The molecule has 1 aliphatic carbocycles. The van der Waals surface area contributed by atoms with Crippen molar-refractivity contribution in [3.05, 3.63) is 35.6 Å². The summed E-state index contributed by atoms with van der Waals surface area (Å²) in [5, 5.41) is 0. The molecule has 3 heteroatoms. The van der Waals surface area contributed by atoms with E-state index in [1.54, 1.807) is 18.2 Å². The van der Waals surface area contributed by atoms with Gasteiger partial charge in [0.2, 0.25) is 0 Å². The predicted octanol–water partition coefficient (Wildman–Crippen LogP) is 2.03. The molecule has 0 aliphatic heterocycles. The largest absolute Gasteiger partial charge is 0.468 e. The molecule has 2 nitrogen and oxygen atoms in total. The first-order valence-electron chi connectivity index (χ1n) is 4.54. The second-order valence-electron chi connectivity index (χ2n) is 3.55. The van der Waals surface area contributed by atoms with E-state index in [9.17, 15) is 9.18 Å². The smallest absolute Gasteiger partial charge is 0.316 e. The molecule has 1 aliphatic rings. The van der Waals surface area contributed by atoms with Crippen LogP contribution >= 0.6 is 0 Å². The maximum absolute atomic E-state index is 13.4. The molecule has 1 fully saturated rings. The van der Waals surface area contributed by atoms with Crippen LogP contribution in [-0.4, -0.2) is 13.1 Å². The van der Waals surface area contributed by atoms with E-state index in [1.165, 1.54) is 13.2 Å². The molecular weight excluding hydrogens is 183 g/mol. The van der Waals surface area contributed by atoms with E-state index >= 15 is 0 Å². The summed E-state index contributed by atoms with van der Waals surface area (Å²) in [5.41, 5.74) is -0.230. The van der Waals surface area contributed by atoms with Crippen LogP contribution in [0.2, 0.25) is 0 Å². The second-order valence-corrected chi connectivity index (χ2v) is 3.55. The highest BCUT2D eigenvalue weighted by Gasteiger charge is 2.53. The third-order valence-corrected chi connectivity index (χ3v) is 2.72. The fourth-order valence-electron chi connectivity index (χ4n) is 1.75. The average Bonchev–Trinajstić information content (AvgIpc) is 2.98. The molecule has 0 radical (unpaired) electrons. The zero-order chi connectivity index (χ0) is 10.2. The van der Waals surface area contributed by atoms with Gasteiger partial charge in [-0.3, -0.25) is 4.79 Å². The highest BCUT2D eigenvalue weighted by Crippen LogP contribution is 2.49. The quantitative estimate of drug-likeness (QED) is 0.673. The van der Waals surface area contributed by atoms with Crippen molar-refractivity contribution in [2.45, 2.75) is 18.3 Å². The molecule has 74 valence electrons. The van der Waals surface area contributed by atoms with Crippen molar-refractivity contribution in [3.63, 3.8) is 0 Å². The first kappa shape index (κ1) is 9.19. The number of esters is 1. The molecule has 0 spiro atoms. The van der Waals surface area contributed by atoms with Crippen LogP contribution in [0.4, 0.5) is 4.39 Å². The fraction of sp³-hybridized carbons (Fsp3) is 0.364. The highest BCUT2D eigenvalue weighted by molar-refractivity contribution is 5.86. The lowest BCUT2D eigenvalue weighted by Crippen LogP contribution is -2.22. The summed E-state index contributed by atoms with van der Waals surface area (Å²) in [6, 6.07) is 6.38. The van der Waals surface area contributed by atoms with Crippen LogP contribution in [0.5, 0.6) is 0 Å². The molecule has 2 rings (SSSR count). The second kappa shape index (κ2) is 3.08. The van der Waals surface area contributed by atoms with Gasteiger partial charge in [0.25, 0.3) is 0 Å². The van der Waals surface area contributed by atoms with Crippen molar-refractivity contribution in [2.24, 2.45) is 0 Å². The maximum Gasteiger partial charge on any atom is 0.316 e. The number of benzene rings is 1. The van der Waals surface area contributed by atoms with Crippen LogP contribution in [0.3, 0.4) is 0 Å². The molecule has 0 saturated heterocycles. The molecule has 0 atom stereocenters. The normalized spacial score (nSPS) is 17.6. The van der Waals surface area contributed by atoms with Gasteiger partial charge in [0.1, 0.15) is 5.82 Å². The molecule has 1 saturated carbocycles. The minimum Gasteiger partial charge on any atom is -0.468 e. The molecule has 0 N–H and O–H groups in total. The summed E-state index contributed by atoms with van der Waals surface area (Å²) >= 11 is 0. The van der Waals surface area contributed by atoms with Gasteiger partial charge in [0, 0.05) is 5.56 Å². The monoisotopic (exact) mass is 194 g/mol. The Balaban J connectivity index is 2.40. The van der Waals surface area contributed by atoms with Crippen molar-refractivity contribution < 1.29 is 13.9 Å². The number of rotatable bonds is 2. The van der Waals surface area contributed by atoms with Gasteiger partial charge in [0.05, 0.1) is 12.5 Å². The minimum absolute atomic E-state index is 0.324. The summed E-state index contributed by atoms with van der Waals surface area (Å²) in [6.45, 7) is 0. The molecule has 0 heterocycles. The van der Waals surface area contributed by atoms with Gasteiger partial charge in [-0.2, -0.15) is 0 Å². The molecule has 14 heavy (non-hydrogen) atoms. The summed E-state index contributed by atoms with van der Waals surface area (Å²) < 4.78 is 18.1. The van der Waals surface area contributed by atoms with E-state index in [0.29, 0.717) is 18.4 Å². The lowest BCUT2D eigenvalue weighted by atomic mass is 9.96. The van der Waals surface area contributed by atoms with Gasteiger partial charge >= 0.3 is 5.97 Å². The standard InChI is InChI=1S/C11H11FO2/c1-14-10(13)11(6-7-11)8-4-2-3-5-9(8)12/h2-5H,6-7H2,1H3. The van der Waals surface area contributed by atoms with Gasteiger partial charge in [-0.1, -0.05) is 18.2 Å². The van der Waals surface area contributed by atoms with E-state index in [2.05, 4.69) is 4.74 Å². The number of hydrogen-bond acceptors (Lipinski definition) is 2. The first-order chi connectivity index (χ1) is 6.70. The van der Waals surface area contributed by atoms with Crippen LogP contribution < -0.4 is 0 Å². The molecule has 1 aromatic rings. The minimum atomic E-state index is -0.694. The summed E-state index contributed by atoms with van der Waals surface area (Å²) in [7, 11) is 1.34. The van der Waals surface area contributed by atoms with Crippen molar-refractivity contribution in [2.75, 3.05) is 7.11 Å². The average molecular weight is 194 g/mol. The Kier molecular flexibility index (Phi) is 2.02. The van der Waals surface area contributed by atoms with Crippen molar-refractivity contribution in [3.8, 4) is 0 Å². The fourth-order valence-corrected chi connectivity index (χ4v) is 1.75. The Morgan fingerprint density at radius 2 is 2.07 bits per heavy atom. The van der Waals surface area contributed by atoms with E-state index in [-0.39, 0.29) is 11.8 Å². The predicted molar refractivity (Wildman–Crippen MR) is 49.3 cm³/mol. The third-order valence-electron chi connectivity index (χ3n) is 2.72. The maximum atomic E-state index is 13.4. The van der Waals surface area contributed by atoms with Crippen LogP contribution in [0.1, 0.15) is 18.4 Å². The van der Waals surface area contributed by atoms with Crippen molar-refractivity contribution >= 4 is 5.97 Å². The van der Waals surface area contributed by atoms with Gasteiger partial charge in [0.15, 0.2) is 0 Å². The van der Waals surface area contributed by atoms with Crippen LogP contribution in [0.25, 0.3) is 0 Å². The highest BCUT2D eigenvalue weighted by atomic mass is 19.1. The Hall–Kier alpha value is -1.38. The van der Waals surface area contributed by atoms with Crippen molar-refractivity contribution in [1.29, 1.82) is 0 Å². The Morgan fingerprint density at radius 1 is 1.43 bits per heavy atom. The molecule has 1 aromatic carbocycles. The number of methoxy groups -OCH3 is 1. The van der Waals surface area contributed by atoms with E-state index in [1.807, 2.05) is 0 Å². The zero-order valence-corrected chi connectivity index (χ0v) is 7.92. The van der Waals surface area contributed by atoms with Crippen LogP contribution in [0.15, 0.2) is 24.3 Å². The first-order valence-corrected chi connectivity index (χ1v) is 4.54. The van der Waals surface area contributed by atoms with Gasteiger partial charge < -0.3 is 4.74 Å². The van der Waals surface area contributed by atoms with Gasteiger partial charge in [-0.15, -0.1) is 0 Å². The Labute approximate surface area is 81.7 Å². The summed E-state index contributed by atoms with van der Waals surface area (Å²) in [5.74, 6) is -0.655. The molecule has 0 bridgehead atoms. The Morgan fingerprint density at radius 3 is 2.57 bits per heavy atom. The van der Waals surface area contributed by atoms with E-state index < -0.39 is 5.41 Å². The van der Waals surface area contributed by atoms with E-state index in [0.717, 1.165) is 0 Å². The summed E-state index contributed by atoms with van der Waals surface area (Å²) in [6.07, 6.45) is 1.36. The molecule has 0 amide bonds. The topological polar surface area (TPSA) is 26.3 Å². The lowest BCUT2D eigenvalue weighted by Gasteiger charge is -2.13. The molecular formula is C11H11FO2. The van der Waals surface area contributed by atoms with E-state index in [4.69, 9.17) is 0 Å². The number of carbonyl (C=O) groups excluding carboxylic acids is 1. The number of ether oxygens (including phenoxy) is 1. The summed E-state index contributed by atoms with van der Waals surface area (Å²) in [4.78, 5) is 11.5. The number of hydrogen-bond donors (Lipinski definition) is 0. The van der Waals surface area contributed by atoms with Gasteiger partial charge in [-0.25, -0.2) is 4.39 Å². The molecule has 0 unspecified atom stereocenters. The lowest BCUT2D eigenvalue weighted by molar-refractivity contribution is -0.143. The third kappa shape index (κ3) is 1.20. The van der Waals surface area contributed by atoms with Gasteiger partial charge in [-0.05, 0) is 18.9 Å². The number of halogens is 1.